The fraction of sp³-hybridized carbons (Fsp3) is 0.364. The summed E-state index contributed by atoms with van der Waals surface area (Å²) in [7, 11) is -3.84. The first-order chi connectivity index (χ1) is 9.42. The Balaban J connectivity index is 1.95. The van der Waals surface area contributed by atoms with Crippen molar-refractivity contribution in [3.63, 3.8) is 0 Å². The van der Waals surface area contributed by atoms with Crippen LogP contribution in [0.3, 0.4) is 0 Å². The van der Waals surface area contributed by atoms with Gasteiger partial charge in [0.2, 0.25) is 0 Å². The molecule has 1 aromatic carbocycles. The quantitative estimate of drug-likeness (QED) is 0.635. The molecule has 1 saturated heterocycles. The van der Waals surface area contributed by atoms with Gasteiger partial charge in [0.1, 0.15) is 0 Å². The summed E-state index contributed by atoms with van der Waals surface area (Å²) < 4.78 is 29.1. The molecule has 1 heterocycles. The minimum Gasteiger partial charge on any atom is -0.379 e. The molecule has 1 unspecified atom stereocenters. The SMILES string of the molecule is NS(=O)(=O)Nc1cccc(NC(=O)NC2CCOC2)c1. The Morgan fingerprint density at radius 1 is 1.35 bits per heavy atom. The standard InChI is InChI=1S/C11H16N4O4S/c12-20(17,18)15-9-3-1-2-8(6-9)13-11(16)14-10-4-5-19-7-10/h1-3,6,10,15H,4-5,7H2,(H2,12,17,18)(H2,13,14,16). The van der Waals surface area contributed by atoms with Crippen molar-refractivity contribution in [1.29, 1.82) is 0 Å². The van der Waals surface area contributed by atoms with Crippen LogP contribution in [0.1, 0.15) is 6.42 Å². The Morgan fingerprint density at radius 3 is 2.75 bits per heavy atom. The molecule has 2 amide bonds. The van der Waals surface area contributed by atoms with Crippen molar-refractivity contribution in [3.05, 3.63) is 24.3 Å². The van der Waals surface area contributed by atoms with Crippen LogP contribution in [-0.4, -0.2) is 33.7 Å². The van der Waals surface area contributed by atoms with Crippen molar-refractivity contribution >= 4 is 27.6 Å². The van der Waals surface area contributed by atoms with Gasteiger partial charge in [0.25, 0.3) is 10.2 Å². The highest BCUT2D eigenvalue weighted by molar-refractivity contribution is 7.90. The first-order valence-corrected chi connectivity index (χ1v) is 7.53. The Hall–Kier alpha value is -1.84. The van der Waals surface area contributed by atoms with Gasteiger partial charge in [0.05, 0.1) is 18.3 Å². The van der Waals surface area contributed by atoms with E-state index in [2.05, 4.69) is 15.4 Å². The zero-order chi connectivity index (χ0) is 14.6. The van der Waals surface area contributed by atoms with Crippen LogP contribution < -0.4 is 20.5 Å². The second-order valence-corrected chi connectivity index (χ2v) is 5.68. The monoisotopic (exact) mass is 300 g/mol. The minimum atomic E-state index is -3.84. The van der Waals surface area contributed by atoms with Crippen LogP contribution in [0.4, 0.5) is 16.2 Å². The van der Waals surface area contributed by atoms with E-state index in [1.54, 1.807) is 12.1 Å². The van der Waals surface area contributed by atoms with Crippen LogP contribution in [0.5, 0.6) is 0 Å². The summed E-state index contributed by atoms with van der Waals surface area (Å²) in [5.41, 5.74) is 0.726. The number of amides is 2. The van der Waals surface area contributed by atoms with Gasteiger partial charge in [-0.2, -0.15) is 8.42 Å². The van der Waals surface area contributed by atoms with E-state index < -0.39 is 10.2 Å². The van der Waals surface area contributed by atoms with E-state index in [1.807, 2.05) is 0 Å². The number of nitrogens with two attached hydrogens (primary N) is 1. The van der Waals surface area contributed by atoms with E-state index in [0.29, 0.717) is 18.9 Å². The number of hydrogen-bond donors (Lipinski definition) is 4. The van der Waals surface area contributed by atoms with Crippen molar-refractivity contribution in [2.75, 3.05) is 23.3 Å². The highest BCUT2D eigenvalue weighted by Crippen LogP contribution is 2.15. The van der Waals surface area contributed by atoms with Crippen LogP contribution >= 0.6 is 0 Å². The van der Waals surface area contributed by atoms with Gasteiger partial charge < -0.3 is 15.4 Å². The average molecular weight is 300 g/mol. The van der Waals surface area contributed by atoms with Gasteiger partial charge in [-0.05, 0) is 24.6 Å². The van der Waals surface area contributed by atoms with Gasteiger partial charge in [0.15, 0.2) is 0 Å². The number of nitrogens with one attached hydrogen (secondary N) is 3. The van der Waals surface area contributed by atoms with Gasteiger partial charge in [0, 0.05) is 12.3 Å². The normalized spacial score (nSPS) is 18.6. The van der Waals surface area contributed by atoms with E-state index >= 15 is 0 Å². The Labute approximate surface area is 116 Å². The molecule has 20 heavy (non-hydrogen) atoms. The molecule has 1 aliphatic heterocycles. The molecule has 0 bridgehead atoms. The van der Waals surface area contributed by atoms with Gasteiger partial charge in [-0.1, -0.05) is 6.07 Å². The molecule has 1 fully saturated rings. The fourth-order valence-corrected chi connectivity index (χ4v) is 2.28. The van der Waals surface area contributed by atoms with Crippen LogP contribution in [0, 0.1) is 0 Å². The number of ether oxygens (including phenoxy) is 1. The smallest absolute Gasteiger partial charge is 0.319 e. The van der Waals surface area contributed by atoms with Crippen molar-refractivity contribution in [2.45, 2.75) is 12.5 Å². The lowest BCUT2D eigenvalue weighted by molar-refractivity contribution is 0.189. The van der Waals surface area contributed by atoms with Crippen LogP contribution in [0.25, 0.3) is 0 Å². The molecule has 110 valence electrons. The number of rotatable bonds is 4. The lowest BCUT2D eigenvalue weighted by atomic mass is 10.2. The lowest BCUT2D eigenvalue weighted by Gasteiger charge is -2.12. The first-order valence-electron chi connectivity index (χ1n) is 5.98. The number of urea groups is 1. The number of carbonyl (C=O) groups excluding carboxylic acids is 1. The van der Waals surface area contributed by atoms with Gasteiger partial charge in [-0.25, -0.2) is 9.93 Å². The molecule has 9 heteroatoms. The molecule has 0 aliphatic carbocycles. The number of carbonyl (C=O) groups is 1. The zero-order valence-corrected chi connectivity index (χ0v) is 11.4. The second kappa shape index (κ2) is 6.07. The second-order valence-electron chi connectivity index (χ2n) is 4.39. The predicted molar refractivity (Wildman–Crippen MR) is 74.6 cm³/mol. The van der Waals surface area contributed by atoms with E-state index in [4.69, 9.17) is 9.88 Å². The third-order valence-corrected chi connectivity index (χ3v) is 3.17. The van der Waals surface area contributed by atoms with E-state index in [9.17, 15) is 13.2 Å². The molecule has 5 N–H and O–H groups in total. The molecule has 0 spiro atoms. The van der Waals surface area contributed by atoms with Crippen molar-refractivity contribution in [3.8, 4) is 0 Å². The summed E-state index contributed by atoms with van der Waals surface area (Å²) >= 11 is 0. The third-order valence-electron chi connectivity index (χ3n) is 2.65. The summed E-state index contributed by atoms with van der Waals surface area (Å²) in [5, 5.41) is 10.2. The largest absolute Gasteiger partial charge is 0.379 e. The number of hydrogen-bond acceptors (Lipinski definition) is 4. The van der Waals surface area contributed by atoms with Crippen molar-refractivity contribution in [1.82, 2.24) is 5.32 Å². The van der Waals surface area contributed by atoms with Crippen molar-refractivity contribution in [2.24, 2.45) is 5.14 Å². The Morgan fingerprint density at radius 2 is 2.10 bits per heavy atom. The number of anilines is 2. The molecule has 0 aromatic heterocycles. The van der Waals surface area contributed by atoms with E-state index in [-0.39, 0.29) is 17.8 Å². The highest BCUT2D eigenvalue weighted by atomic mass is 32.2. The maximum absolute atomic E-state index is 11.7. The minimum absolute atomic E-state index is 0.000673. The molecule has 2 rings (SSSR count). The molecular formula is C11H16N4O4S. The molecule has 0 radical (unpaired) electrons. The van der Waals surface area contributed by atoms with Gasteiger partial charge >= 0.3 is 6.03 Å². The maximum atomic E-state index is 11.7. The molecule has 1 aliphatic rings. The van der Waals surface area contributed by atoms with Crippen LogP contribution in [0.2, 0.25) is 0 Å². The van der Waals surface area contributed by atoms with Crippen LogP contribution in [0.15, 0.2) is 24.3 Å². The predicted octanol–water partition coefficient (Wildman–Crippen LogP) is 0.212. The summed E-state index contributed by atoms with van der Waals surface area (Å²) in [6, 6.07) is 5.86. The van der Waals surface area contributed by atoms with Gasteiger partial charge in [-0.3, -0.25) is 4.72 Å². The maximum Gasteiger partial charge on any atom is 0.319 e. The van der Waals surface area contributed by atoms with Gasteiger partial charge in [-0.15, -0.1) is 0 Å². The highest BCUT2D eigenvalue weighted by Gasteiger charge is 2.17. The van der Waals surface area contributed by atoms with Crippen molar-refractivity contribution < 1.29 is 17.9 Å². The summed E-state index contributed by atoms with van der Waals surface area (Å²) in [4.78, 5) is 11.7. The molecule has 1 aromatic rings. The number of benzene rings is 1. The molecule has 8 nitrogen and oxygen atoms in total. The van der Waals surface area contributed by atoms with E-state index in [1.165, 1.54) is 12.1 Å². The fourth-order valence-electron chi connectivity index (χ4n) is 1.83. The third kappa shape index (κ3) is 4.68. The summed E-state index contributed by atoms with van der Waals surface area (Å²) in [6.45, 7) is 1.14. The molecule has 0 saturated carbocycles. The first kappa shape index (κ1) is 14.6. The summed E-state index contributed by atoms with van der Waals surface area (Å²) in [5.74, 6) is 0. The van der Waals surface area contributed by atoms with E-state index in [0.717, 1.165) is 6.42 Å². The summed E-state index contributed by atoms with van der Waals surface area (Å²) in [6.07, 6.45) is 0.778. The Bertz CT molecular complexity index is 584. The zero-order valence-electron chi connectivity index (χ0n) is 10.6. The molecular weight excluding hydrogens is 284 g/mol. The Kier molecular flexibility index (Phi) is 4.42. The van der Waals surface area contributed by atoms with Crippen LogP contribution in [-0.2, 0) is 14.9 Å². The topological polar surface area (TPSA) is 123 Å². The average Bonchev–Trinajstić information content (AvgIpc) is 2.79. The molecule has 1 atom stereocenters. The lowest BCUT2D eigenvalue weighted by Crippen LogP contribution is -2.38.